The fourth-order valence-electron chi connectivity index (χ4n) is 3.49. The minimum absolute atomic E-state index is 0.166. The highest BCUT2D eigenvalue weighted by atomic mass is 32.2. The fourth-order valence-corrected chi connectivity index (χ4v) is 5.72. The first kappa shape index (κ1) is 15.1. The number of thioether (sulfide) groups is 1. The Hall–Kier alpha value is -2.20. The second-order valence-electron chi connectivity index (χ2n) is 6.40. The molecule has 128 valence electrons. The van der Waals surface area contributed by atoms with Crippen molar-refractivity contribution in [3.05, 3.63) is 16.8 Å². The average Bonchev–Trinajstić information content (AvgIpc) is 3.27. The number of fused-ring (bicyclic) bond motifs is 8. The zero-order valence-corrected chi connectivity index (χ0v) is 15.1. The molecule has 5 rings (SSSR count). The third-order valence-electron chi connectivity index (χ3n) is 4.62. The van der Waals surface area contributed by atoms with Gasteiger partial charge in [-0.15, -0.1) is 21.5 Å². The van der Waals surface area contributed by atoms with Crippen molar-refractivity contribution in [2.75, 3.05) is 5.75 Å². The number of hydrogen-bond acceptors (Lipinski definition) is 7. The molecule has 0 aromatic carbocycles. The standard InChI is InChI=1S/C15H15N7OS2/c1-7-2-3-8-9(4-7)25-13-11(8)12-17-6-18-22(12)14-19-20-15(21(13)14)24-5-10(16)23/h6-7H,2-5H2,1H3,(H2,16,23). The molecule has 2 N–H and O–H groups in total. The maximum Gasteiger partial charge on any atom is 0.260 e. The summed E-state index contributed by atoms with van der Waals surface area (Å²) in [6.07, 6.45) is 4.87. The maximum atomic E-state index is 11.2. The van der Waals surface area contributed by atoms with Crippen LogP contribution in [-0.4, -0.2) is 40.9 Å². The van der Waals surface area contributed by atoms with Gasteiger partial charge in [-0.2, -0.15) is 9.61 Å². The summed E-state index contributed by atoms with van der Waals surface area (Å²) in [4.78, 5) is 18.1. The van der Waals surface area contributed by atoms with Gasteiger partial charge in [0.2, 0.25) is 5.91 Å². The molecule has 0 fully saturated rings. The quantitative estimate of drug-likeness (QED) is 0.548. The molecule has 10 heteroatoms. The summed E-state index contributed by atoms with van der Waals surface area (Å²) in [5, 5.41) is 14.7. The normalized spacial score (nSPS) is 17.6. The largest absolute Gasteiger partial charge is 0.369 e. The van der Waals surface area contributed by atoms with E-state index in [-0.39, 0.29) is 11.7 Å². The third kappa shape index (κ3) is 2.17. The van der Waals surface area contributed by atoms with E-state index >= 15 is 0 Å². The lowest BCUT2D eigenvalue weighted by Gasteiger charge is -2.17. The van der Waals surface area contributed by atoms with Crippen molar-refractivity contribution in [1.29, 1.82) is 0 Å². The number of amides is 1. The minimum Gasteiger partial charge on any atom is -0.369 e. The molecule has 1 atom stereocenters. The van der Waals surface area contributed by atoms with Crippen molar-refractivity contribution in [3.8, 4) is 0 Å². The van der Waals surface area contributed by atoms with E-state index in [1.165, 1.54) is 28.6 Å². The molecule has 8 nitrogen and oxygen atoms in total. The van der Waals surface area contributed by atoms with Crippen molar-refractivity contribution in [3.63, 3.8) is 0 Å². The third-order valence-corrected chi connectivity index (χ3v) is 6.81. The van der Waals surface area contributed by atoms with Gasteiger partial charge in [0.1, 0.15) is 11.2 Å². The van der Waals surface area contributed by atoms with E-state index in [1.54, 1.807) is 22.2 Å². The number of carbonyl (C=O) groups excluding carboxylic acids is 1. The van der Waals surface area contributed by atoms with Crippen LogP contribution in [0.15, 0.2) is 11.5 Å². The summed E-state index contributed by atoms with van der Waals surface area (Å²) in [6.45, 7) is 2.29. The zero-order chi connectivity index (χ0) is 17.1. The number of primary amides is 1. The van der Waals surface area contributed by atoms with Crippen LogP contribution in [0.25, 0.3) is 21.6 Å². The molecule has 25 heavy (non-hydrogen) atoms. The number of hydrogen-bond donors (Lipinski definition) is 1. The number of carbonyl (C=O) groups is 1. The summed E-state index contributed by atoms with van der Waals surface area (Å²) in [5.41, 5.74) is 7.49. The number of nitrogens with two attached hydrogens (primary N) is 1. The molecule has 1 amide bonds. The minimum atomic E-state index is -0.376. The second kappa shape index (κ2) is 5.40. The SMILES string of the molecule is CC1CCc2c(sc3c2c2ncnn2c2nnc(SCC(N)=O)n32)C1. The predicted molar refractivity (Wildman–Crippen MR) is 96.0 cm³/mol. The van der Waals surface area contributed by atoms with Gasteiger partial charge in [-0.05, 0) is 30.7 Å². The number of aromatic nitrogens is 6. The topological polar surface area (TPSA) is 103 Å². The molecule has 1 aliphatic carbocycles. The Morgan fingerprint density at radius 3 is 3.20 bits per heavy atom. The zero-order valence-electron chi connectivity index (χ0n) is 13.5. The van der Waals surface area contributed by atoms with E-state index in [2.05, 4.69) is 27.2 Å². The fraction of sp³-hybridized carbons (Fsp3) is 0.400. The Morgan fingerprint density at radius 1 is 1.48 bits per heavy atom. The van der Waals surface area contributed by atoms with Crippen molar-refractivity contribution in [2.45, 2.75) is 31.3 Å². The summed E-state index contributed by atoms with van der Waals surface area (Å²) in [5.74, 6) is 1.09. The van der Waals surface area contributed by atoms with E-state index in [0.717, 1.165) is 28.7 Å². The molecule has 0 aliphatic heterocycles. The van der Waals surface area contributed by atoms with Crippen molar-refractivity contribution >= 4 is 50.6 Å². The average molecular weight is 373 g/mol. The van der Waals surface area contributed by atoms with Crippen LogP contribution in [-0.2, 0) is 17.6 Å². The van der Waals surface area contributed by atoms with Gasteiger partial charge in [0.05, 0.1) is 11.1 Å². The Balaban J connectivity index is 1.86. The van der Waals surface area contributed by atoms with Crippen LogP contribution in [0.4, 0.5) is 0 Å². The van der Waals surface area contributed by atoms with Crippen LogP contribution >= 0.6 is 23.1 Å². The van der Waals surface area contributed by atoms with Crippen LogP contribution in [0.2, 0.25) is 0 Å². The summed E-state index contributed by atoms with van der Waals surface area (Å²) < 4.78 is 3.72. The molecular weight excluding hydrogens is 358 g/mol. The molecule has 4 aromatic rings. The predicted octanol–water partition coefficient (Wildman–Crippen LogP) is 1.69. The molecule has 0 spiro atoms. The molecular formula is C15H15N7OS2. The van der Waals surface area contributed by atoms with Gasteiger partial charge < -0.3 is 5.73 Å². The van der Waals surface area contributed by atoms with Gasteiger partial charge in [0, 0.05) is 4.88 Å². The Labute approximate surface area is 150 Å². The Kier molecular flexibility index (Phi) is 3.26. The number of aryl methyl sites for hydroxylation is 1. The van der Waals surface area contributed by atoms with Gasteiger partial charge in [-0.1, -0.05) is 18.7 Å². The van der Waals surface area contributed by atoms with Crippen molar-refractivity contribution < 1.29 is 4.79 Å². The van der Waals surface area contributed by atoms with E-state index in [1.807, 2.05) is 4.40 Å². The highest BCUT2D eigenvalue weighted by Crippen LogP contribution is 2.40. The number of thiophene rings is 1. The van der Waals surface area contributed by atoms with Gasteiger partial charge in [0.15, 0.2) is 10.8 Å². The van der Waals surface area contributed by atoms with Crippen LogP contribution in [0.1, 0.15) is 23.8 Å². The smallest absolute Gasteiger partial charge is 0.260 e. The van der Waals surface area contributed by atoms with E-state index in [0.29, 0.717) is 16.9 Å². The lowest BCUT2D eigenvalue weighted by atomic mass is 9.89. The molecule has 4 heterocycles. The highest BCUT2D eigenvalue weighted by molar-refractivity contribution is 7.99. The van der Waals surface area contributed by atoms with Crippen molar-refractivity contribution in [1.82, 2.24) is 29.2 Å². The Bertz CT molecular complexity index is 1140. The number of nitrogens with zero attached hydrogens (tertiary/aromatic N) is 6. The second-order valence-corrected chi connectivity index (χ2v) is 8.43. The van der Waals surface area contributed by atoms with Crippen LogP contribution in [0.5, 0.6) is 0 Å². The summed E-state index contributed by atoms with van der Waals surface area (Å²) in [7, 11) is 0. The molecule has 4 aromatic heterocycles. The van der Waals surface area contributed by atoms with Crippen LogP contribution < -0.4 is 5.73 Å². The maximum absolute atomic E-state index is 11.2. The monoisotopic (exact) mass is 373 g/mol. The van der Waals surface area contributed by atoms with Gasteiger partial charge in [-0.25, -0.2) is 9.38 Å². The van der Waals surface area contributed by atoms with Crippen molar-refractivity contribution in [2.24, 2.45) is 11.7 Å². The molecule has 0 saturated heterocycles. The first-order valence-corrected chi connectivity index (χ1v) is 9.86. The van der Waals surface area contributed by atoms with Crippen LogP contribution in [0, 0.1) is 5.92 Å². The van der Waals surface area contributed by atoms with E-state index < -0.39 is 0 Å². The van der Waals surface area contributed by atoms with E-state index in [9.17, 15) is 4.79 Å². The summed E-state index contributed by atoms with van der Waals surface area (Å²) >= 11 is 3.07. The van der Waals surface area contributed by atoms with Gasteiger partial charge in [-0.3, -0.25) is 4.79 Å². The highest BCUT2D eigenvalue weighted by Gasteiger charge is 2.26. The molecule has 1 aliphatic rings. The molecule has 0 saturated carbocycles. The lowest BCUT2D eigenvalue weighted by Crippen LogP contribution is -2.13. The summed E-state index contributed by atoms with van der Waals surface area (Å²) in [6, 6.07) is 0. The van der Waals surface area contributed by atoms with Crippen LogP contribution in [0.3, 0.4) is 0 Å². The van der Waals surface area contributed by atoms with Gasteiger partial charge >= 0.3 is 0 Å². The molecule has 1 unspecified atom stereocenters. The first-order chi connectivity index (χ1) is 12.1. The Morgan fingerprint density at radius 2 is 2.36 bits per heavy atom. The van der Waals surface area contributed by atoms with Gasteiger partial charge in [0.25, 0.3) is 5.78 Å². The number of rotatable bonds is 3. The van der Waals surface area contributed by atoms with E-state index in [4.69, 9.17) is 5.73 Å². The first-order valence-electron chi connectivity index (χ1n) is 8.05. The molecule has 0 radical (unpaired) electrons. The molecule has 0 bridgehead atoms. The lowest BCUT2D eigenvalue weighted by molar-refractivity contribution is -0.115.